The molecule has 0 spiro atoms. The summed E-state index contributed by atoms with van der Waals surface area (Å²) in [5, 5.41) is 5.15. The number of imide groups is 1. The van der Waals surface area contributed by atoms with Crippen molar-refractivity contribution in [1.29, 1.82) is 0 Å². The van der Waals surface area contributed by atoms with Crippen LogP contribution < -0.4 is 10.1 Å². The molecule has 0 radical (unpaired) electrons. The molecule has 0 unspecified atom stereocenters. The summed E-state index contributed by atoms with van der Waals surface area (Å²) in [4.78, 5) is 51.7. The van der Waals surface area contributed by atoms with E-state index in [1.54, 1.807) is 31.2 Å². The Morgan fingerprint density at radius 1 is 0.868 bits per heavy atom. The number of nitrogens with zero attached hydrogens (tertiary/aromatic N) is 1. The molecule has 3 aromatic rings. The van der Waals surface area contributed by atoms with E-state index in [0.717, 1.165) is 11.3 Å². The summed E-state index contributed by atoms with van der Waals surface area (Å²) >= 11 is 1.28. The number of rotatable bonds is 12. The standard InChI is InChI=1S/C29H30N2O6S/c1-3-36-20-15-13-19(14-16-20)23-18-38-26(25(23)29(35)37-4-2)30-24(32)12-6-5-9-17-31-27(33)21-10-7-8-11-22(21)28(31)34/h7-8,10-11,13-16,18H,3-6,9,12,17H2,1-2H3,(H,30,32). The van der Waals surface area contributed by atoms with Crippen molar-refractivity contribution in [2.24, 2.45) is 0 Å². The maximum absolute atomic E-state index is 12.8. The third kappa shape index (κ3) is 5.94. The molecule has 8 nitrogen and oxygen atoms in total. The number of carbonyl (C=O) groups is 4. The number of ether oxygens (including phenoxy) is 2. The maximum atomic E-state index is 12.8. The number of carbonyl (C=O) groups excluding carboxylic acids is 4. The summed E-state index contributed by atoms with van der Waals surface area (Å²) in [6.45, 7) is 4.75. The smallest absolute Gasteiger partial charge is 0.341 e. The Kier molecular flexibility index (Phi) is 8.91. The van der Waals surface area contributed by atoms with Gasteiger partial charge < -0.3 is 14.8 Å². The lowest BCUT2D eigenvalue weighted by atomic mass is 10.0. The number of hydrogen-bond donors (Lipinski definition) is 1. The van der Waals surface area contributed by atoms with Crippen LogP contribution in [0.25, 0.3) is 11.1 Å². The Labute approximate surface area is 225 Å². The number of thiophene rings is 1. The van der Waals surface area contributed by atoms with E-state index in [2.05, 4.69) is 5.32 Å². The molecule has 9 heteroatoms. The number of unbranched alkanes of at least 4 members (excludes halogenated alkanes) is 2. The van der Waals surface area contributed by atoms with Crippen molar-refractivity contribution in [2.45, 2.75) is 39.5 Å². The highest BCUT2D eigenvalue weighted by Crippen LogP contribution is 2.37. The van der Waals surface area contributed by atoms with Crippen LogP contribution in [0, 0.1) is 0 Å². The Hall–Kier alpha value is -3.98. The van der Waals surface area contributed by atoms with Gasteiger partial charge >= 0.3 is 5.97 Å². The third-order valence-corrected chi connectivity index (χ3v) is 7.06. The lowest BCUT2D eigenvalue weighted by Gasteiger charge is -2.13. The van der Waals surface area contributed by atoms with Gasteiger partial charge in [-0.05, 0) is 56.5 Å². The summed E-state index contributed by atoms with van der Waals surface area (Å²) in [7, 11) is 0. The molecule has 1 aromatic heterocycles. The van der Waals surface area contributed by atoms with Gasteiger partial charge in [0.2, 0.25) is 5.91 Å². The summed E-state index contributed by atoms with van der Waals surface area (Å²) in [6.07, 6.45) is 2.11. The molecule has 198 valence electrons. The van der Waals surface area contributed by atoms with Gasteiger partial charge in [0, 0.05) is 23.9 Å². The van der Waals surface area contributed by atoms with Crippen LogP contribution in [0.3, 0.4) is 0 Å². The molecular weight excluding hydrogens is 504 g/mol. The van der Waals surface area contributed by atoms with E-state index in [1.165, 1.54) is 16.2 Å². The minimum atomic E-state index is -0.492. The maximum Gasteiger partial charge on any atom is 0.341 e. The van der Waals surface area contributed by atoms with Crippen LogP contribution in [0.15, 0.2) is 53.9 Å². The second-order valence-electron chi connectivity index (χ2n) is 8.70. The van der Waals surface area contributed by atoms with Gasteiger partial charge in [-0.15, -0.1) is 11.3 Å². The molecule has 3 amide bonds. The highest BCUT2D eigenvalue weighted by molar-refractivity contribution is 7.15. The van der Waals surface area contributed by atoms with Crippen LogP contribution in [-0.2, 0) is 9.53 Å². The van der Waals surface area contributed by atoms with Crippen molar-refractivity contribution in [3.8, 4) is 16.9 Å². The van der Waals surface area contributed by atoms with Gasteiger partial charge in [-0.25, -0.2) is 4.79 Å². The Balaban J connectivity index is 1.32. The lowest BCUT2D eigenvalue weighted by Crippen LogP contribution is -2.30. The zero-order valence-corrected chi connectivity index (χ0v) is 22.3. The molecule has 2 heterocycles. The van der Waals surface area contributed by atoms with Crippen LogP contribution >= 0.6 is 11.3 Å². The summed E-state index contributed by atoms with van der Waals surface area (Å²) in [5.41, 5.74) is 2.72. The van der Waals surface area contributed by atoms with E-state index in [4.69, 9.17) is 9.47 Å². The predicted molar refractivity (Wildman–Crippen MR) is 146 cm³/mol. The number of nitrogens with one attached hydrogen (secondary N) is 1. The van der Waals surface area contributed by atoms with Gasteiger partial charge in [-0.1, -0.05) is 30.7 Å². The van der Waals surface area contributed by atoms with E-state index in [9.17, 15) is 19.2 Å². The number of anilines is 1. The van der Waals surface area contributed by atoms with Crippen molar-refractivity contribution < 1.29 is 28.7 Å². The number of benzene rings is 2. The molecule has 4 rings (SSSR count). The first-order valence-electron chi connectivity index (χ1n) is 12.7. The quantitative estimate of drug-likeness (QED) is 0.179. The zero-order chi connectivity index (χ0) is 27.1. The molecule has 0 atom stereocenters. The number of fused-ring (bicyclic) bond motifs is 1. The van der Waals surface area contributed by atoms with Crippen molar-refractivity contribution in [2.75, 3.05) is 25.1 Å². The van der Waals surface area contributed by atoms with Crippen molar-refractivity contribution >= 4 is 40.0 Å². The number of hydrogen-bond acceptors (Lipinski definition) is 7. The first-order chi connectivity index (χ1) is 18.4. The van der Waals surface area contributed by atoms with Crippen LogP contribution in [0.4, 0.5) is 5.00 Å². The fourth-order valence-corrected chi connectivity index (χ4v) is 5.30. The van der Waals surface area contributed by atoms with Crippen molar-refractivity contribution in [3.63, 3.8) is 0 Å². The molecule has 0 saturated carbocycles. The SMILES string of the molecule is CCOC(=O)c1c(-c2ccc(OCC)cc2)csc1NC(=O)CCCCCN1C(=O)c2ccccc2C1=O. The topological polar surface area (TPSA) is 102 Å². The highest BCUT2D eigenvalue weighted by atomic mass is 32.1. The average molecular weight is 535 g/mol. The highest BCUT2D eigenvalue weighted by Gasteiger charge is 2.34. The summed E-state index contributed by atoms with van der Waals surface area (Å²) in [5.74, 6) is -0.502. The summed E-state index contributed by atoms with van der Waals surface area (Å²) < 4.78 is 10.8. The molecule has 1 aliphatic rings. The molecule has 0 bridgehead atoms. The number of amides is 3. The molecule has 2 aromatic carbocycles. The zero-order valence-electron chi connectivity index (χ0n) is 21.5. The van der Waals surface area contributed by atoms with E-state index < -0.39 is 5.97 Å². The van der Waals surface area contributed by atoms with Gasteiger partial charge in [0.15, 0.2) is 0 Å². The minimum Gasteiger partial charge on any atom is -0.494 e. The van der Waals surface area contributed by atoms with Gasteiger partial charge in [-0.2, -0.15) is 0 Å². The van der Waals surface area contributed by atoms with Crippen LogP contribution in [0.1, 0.15) is 70.6 Å². The van der Waals surface area contributed by atoms with Gasteiger partial charge in [0.1, 0.15) is 16.3 Å². The fourth-order valence-electron chi connectivity index (χ4n) is 4.33. The second kappa shape index (κ2) is 12.5. The van der Waals surface area contributed by atoms with Crippen LogP contribution in [0.5, 0.6) is 5.75 Å². The third-order valence-electron chi connectivity index (χ3n) is 6.16. The minimum absolute atomic E-state index is 0.212. The van der Waals surface area contributed by atoms with E-state index in [1.807, 2.05) is 36.6 Å². The van der Waals surface area contributed by atoms with Crippen LogP contribution in [0.2, 0.25) is 0 Å². The molecule has 1 N–H and O–H groups in total. The monoisotopic (exact) mass is 534 g/mol. The van der Waals surface area contributed by atoms with Gasteiger partial charge in [0.25, 0.3) is 11.8 Å². The molecule has 1 aliphatic heterocycles. The fraction of sp³-hybridized carbons (Fsp3) is 0.310. The van der Waals surface area contributed by atoms with Crippen molar-refractivity contribution in [3.05, 3.63) is 70.6 Å². The van der Waals surface area contributed by atoms with Gasteiger partial charge in [-0.3, -0.25) is 19.3 Å². The normalized spacial score (nSPS) is 12.4. The predicted octanol–water partition coefficient (Wildman–Crippen LogP) is 5.79. The molecule has 0 fully saturated rings. The van der Waals surface area contributed by atoms with Crippen molar-refractivity contribution in [1.82, 2.24) is 4.90 Å². The van der Waals surface area contributed by atoms with Crippen LogP contribution in [-0.4, -0.2) is 48.3 Å². The molecular formula is C29H30N2O6S. The Bertz CT molecular complexity index is 1300. The largest absolute Gasteiger partial charge is 0.494 e. The Morgan fingerprint density at radius 3 is 2.18 bits per heavy atom. The second-order valence-corrected chi connectivity index (χ2v) is 9.58. The first-order valence-corrected chi connectivity index (χ1v) is 13.6. The first kappa shape index (κ1) is 27.1. The summed E-state index contributed by atoms with van der Waals surface area (Å²) in [6, 6.07) is 14.2. The van der Waals surface area contributed by atoms with E-state index >= 15 is 0 Å². The van der Waals surface area contributed by atoms with E-state index in [0.29, 0.717) is 59.7 Å². The molecule has 38 heavy (non-hydrogen) atoms. The van der Waals surface area contributed by atoms with Gasteiger partial charge in [0.05, 0.1) is 24.3 Å². The van der Waals surface area contributed by atoms with E-state index in [-0.39, 0.29) is 30.7 Å². The molecule has 0 aliphatic carbocycles. The lowest BCUT2D eigenvalue weighted by molar-refractivity contribution is -0.116. The molecule has 0 saturated heterocycles. The number of esters is 1. The average Bonchev–Trinajstić information content (AvgIpc) is 3.44. The Morgan fingerprint density at radius 2 is 1.55 bits per heavy atom.